The zero-order chi connectivity index (χ0) is 10.5. The van der Waals surface area contributed by atoms with Crippen LogP contribution in [-0.4, -0.2) is 12.3 Å². The van der Waals surface area contributed by atoms with Crippen molar-refractivity contribution in [1.82, 2.24) is 0 Å². The number of thioether (sulfide) groups is 1. The van der Waals surface area contributed by atoms with Gasteiger partial charge < -0.3 is 5.73 Å². The van der Waals surface area contributed by atoms with Gasteiger partial charge in [-0.2, -0.15) is 0 Å². The number of fused-ring (bicyclic) bond motifs is 2. The third-order valence-corrected chi connectivity index (χ3v) is 5.07. The zero-order valence-electron chi connectivity index (χ0n) is 9.12. The van der Waals surface area contributed by atoms with E-state index in [2.05, 4.69) is 25.1 Å². The molecule has 0 bridgehead atoms. The van der Waals surface area contributed by atoms with Crippen molar-refractivity contribution in [3.63, 3.8) is 0 Å². The molecule has 80 valence electrons. The second-order valence-electron chi connectivity index (χ2n) is 4.89. The van der Waals surface area contributed by atoms with E-state index in [1.165, 1.54) is 29.1 Å². The van der Waals surface area contributed by atoms with Crippen LogP contribution >= 0.6 is 11.8 Å². The van der Waals surface area contributed by atoms with Gasteiger partial charge in [0.15, 0.2) is 0 Å². The fourth-order valence-corrected chi connectivity index (χ4v) is 4.23. The van der Waals surface area contributed by atoms with Gasteiger partial charge in [0, 0.05) is 10.3 Å². The Morgan fingerprint density at radius 2 is 2.40 bits per heavy atom. The summed E-state index contributed by atoms with van der Waals surface area (Å²) in [5.74, 6) is 2.02. The van der Waals surface area contributed by atoms with E-state index in [4.69, 9.17) is 5.73 Å². The molecule has 2 atom stereocenters. The van der Waals surface area contributed by atoms with Gasteiger partial charge in [-0.25, -0.2) is 0 Å². The largest absolute Gasteiger partial charge is 0.330 e. The minimum atomic E-state index is 0.474. The fraction of sp³-hybridized carbons (Fsp3) is 0.538. The Hall–Kier alpha value is -0.470. The van der Waals surface area contributed by atoms with E-state index in [-0.39, 0.29) is 0 Å². The molecule has 2 unspecified atom stereocenters. The highest BCUT2D eigenvalue weighted by Crippen LogP contribution is 2.61. The van der Waals surface area contributed by atoms with Crippen molar-refractivity contribution in [2.24, 2.45) is 11.7 Å². The summed E-state index contributed by atoms with van der Waals surface area (Å²) in [5, 5.41) is 0. The molecule has 2 aliphatic rings. The summed E-state index contributed by atoms with van der Waals surface area (Å²) < 4.78 is 0. The molecular weight excluding hydrogens is 202 g/mol. The molecule has 1 aliphatic heterocycles. The molecule has 1 aromatic carbocycles. The van der Waals surface area contributed by atoms with Gasteiger partial charge in [0.2, 0.25) is 0 Å². The second-order valence-corrected chi connectivity index (χ2v) is 6.03. The normalized spacial score (nSPS) is 32.8. The van der Waals surface area contributed by atoms with Gasteiger partial charge in [-0.05, 0) is 49.6 Å². The average Bonchev–Trinajstić information content (AvgIpc) is 2.94. The van der Waals surface area contributed by atoms with Crippen LogP contribution in [-0.2, 0) is 5.41 Å². The summed E-state index contributed by atoms with van der Waals surface area (Å²) in [5.41, 5.74) is 9.28. The Morgan fingerprint density at radius 1 is 1.53 bits per heavy atom. The van der Waals surface area contributed by atoms with E-state index >= 15 is 0 Å². The summed E-state index contributed by atoms with van der Waals surface area (Å²) in [4.78, 5) is 1.50. The SMILES string of the molecule is Cc1ccc2c(c1)C1(CCS2)CC1CN. The summed E-state index contributed by atoms with van der Waals surface area (Å²) in [7, 11) is 0. The minimum Gasteiger partial charge on any atom is -0.330 e. The molecule has 1 fully saturated rings. The van der Waals surface area contributed by atoms with E-state index in [0.29, 0.717) is 5.41 Å². The average molecular weight is 219 g/mol. The minimum absolute atomic E-state index is 0.474. The summed E-state index contributed by atoms with van der Waals surface area (Å²) >= 11 is 2.01. The highest BCUT2D eigenvalue weighted by atomic mass is 32.2. The van der Waals surface area contributed by atoms with Crippen LogP contribution in [0.5, 0.6) is 0 Å². The molecule has 1 aliphatic carbocycles. The van der Waals surface area contributed by atoms with Gasteiger partial charge in [-0.15, -0.1) is 11.8 Å². The smallest absolute Gasteiger partial charge is 0.0110 e. The van der Waals surface area contributed by atoms with E-state index in [0.717, 1.165) is 12.5 Å². The molecule has 1 saturated carbocycles. The summed E-state index contributed by atoms with van der Waals surface area (Å²) in [6.07, 6.45) is 2.65. The molecule has 0 saturated heterocycles. The Balaban J connectivity index is 2.07. The summed E-state index contributed by atoms with van der Waals surface area (Å²) in [6, 6.07) is 6.91. The van der Waals surface area contributed by atoms with Crippen LogP contribution in [0.4, 0.5) is 0 Å². The first-order valence-electron chi connectivity index (χ1n) is 5.70. The summed E-state index contributed by atoms with van der Waals surface area (Å²) in [6.45, 7) is 3.05. The maximum atomic E-state index is 5.83. The molecule has 0 radical (unpaired) electrons. The zero-order valence-corrected chi connectivity index (χ0v) is 9.94. The van der Waals surface area contributed by atoms with Crippen molar-refractivity contribution in [1.29, 1.82) is 0 Å². The molecule has 2 N–H and O–H groups in total. The molecule has 0 aromatic heterocycles. The van der Waals surface area contributed by atoms with Crippen LogP contribution < -0.4 is 5.73 Å². The number of benzene rings is 1. The van der Waals surface area contributed by atoms with Crippen molar-refractivity contribution in [2.45, 2.75) is 30.1 Å². The van der Waals surface area contributed by atoms with E-state index in [1.54, 1.807) is 5.56 Å². The number of hydrogen-bond donors (Lipinski definition) is 1. The first kappa shape index (κ1) is 9.73. The van der Waals surface area contributed by atoms with Crippen LogP contribution in [0.25, 0.3) is 0 Å². The topological polar surface area (TPSA) is 26.0 Å². The van der Waals surface area contributed by atoms with Crippen molar-refractivity contribution in [3.8, 4) is 0 Å². The lowest BCUT2D eigenvalue weighted by Gasteiger charge is -2.26. The molecule has 0 amide bonds. The standard InChI is InChI=1S/C13H17NS/c1-9-2-3-12-11(6-9)13(4-5-15-12)7-10(13)8-14/h2-3,6,10H,4-5,7-8,14H2,1H3. The van der Waals surface area contributed by atoms with Crippen molar-refractivity contribution in [3.05, 3.63) is 29.3 Å². The third kappa shape index (κ3) is 1.35. The van der Waals surface area contributed by atoms with Crippen LogP contribution in [0.3, 0.4) is 0 Å². The van der Waals surface area contributed by atoms with Crippen molar-refractivity contribution >= 4 is 11.8 Å². The Kier molecular flexibility index (Phi) is 2.12. The number of nitrogens with two attached hydrogens (primary N) is 1. The molecular formula is C13H17NS. The maximum Gasteiger partial charge on any atom is 0.0110 e. The van der Waals surface area contributed by atoms with Crippen molar-refractivity contribution < 1.29 is 0 Å². The van der Waals surface area contributed by atoms with Gasteiger partial charge in [0.05, 0.1) is 0 Å². The van der Waals surface area contributed by atoms with Crippen LogP contribution in [0.15, 0.2) is 23.1 Å². The van der Waals surface area contributed by atoms with Crippen molar-refractivity contribution in [2.75, 3.05) is 12.3 Å². The highest BCUT2D eigenvalue weighted by molar-refractivity contribution is 7.99. The Morgan fingerprint density at radius 3 is 3.13 bits per heavy atom. The van der Waals surface area contributed by atoms with Gasteiger partial charge >= 0.3 is 0 Å². The lowest BCUT2D eigenvalue weighted by molar-refractivity contribution is 0.574. The number of hydrogen-bond acceptors (Lipinski definition) is 2. The Bertz CT molecular complexity index is 402. The van der Waals surface area contributed by atoms with Gasteiger partial charge in [0.1, 0.15) is 0 Å². The predicted octanol–water partition coefficient (Wildman–Crippen LogP) is 2.71. The lowest BCUT2D eigenvalue weighted by Crippen LogP contribution is -2.20. The predicted molar refractivity (Wildman–Crippen MR) is 65.4 cm³/mol. The monoisotopic (exact) mass is 219 g/mol. The maximum absolute atomic E-state index is 5.83. The van der Waals surface area contributed by atoms with Gasteiger partial charge in [-0.1, -0.05) is 17.7 Å². The lowest BCUT2D eigenvalue weighted by atomic mass is 9.89. The van der Waals surface area contributed by atoms with Gasteiger partial charge in [-0.3, -0.25) is 0 Å². The quantitative estimate of drug-likeness (QED) is 0.786. The van der Waals surface area contributed by atoms with Crippen LogP contribution in [0, 0.1) is 12.8 Å². The van der Waals surface area contributed by atoms with E-state index in [9.17, 15) is 0 Å². The Labute approximate surface area is 95.4 Å². The van der Waals surface area contributed by atoms with Crippen LogP contribution in [0.2, 0.25) is 0 Å². The fourth-order valence-electron chi connectivity index (χ4n) is 2.96. The molecule has 2 heteroatoms. The second kappa shape index (κ2) is 3.26. The molecule has 1 spiro atoms. The molecule has 1 aromatic rings. The van der Waals surface area contributed by atoms with E-state index < -0.39 is 0 Å². The highest BCUT2D eigenvalue weighted by Gasteiger charge is 2.55. The molecule has 3 rings (SSSR count). The molecule has 1 nitrogen and oxygen atoms in total. The third-order valence-electron chi connectivity index (χ3n) is 3.99. The first-order chi connectivity index (χ1) is 7.26. The molecule has 1 heterocycles. The van der Waals surface area contributed by atoms with Gasteiger partial charge in [0.25, 0.3) is 0 Å². The number of rotatable bonds is 1. The number of aryl methyl sites for hydroxylation is 1. The van der Waals surface area contributed by atoms with Crippen LogP contribution in [0.1, 0.15) is 24.0 Å². The first-order valence-corrected chi connectivity index (χ1v) is 6.69. The molecule has 15 heavy (non-hydrogen) atoms. The van der Waals surface area contributed by atoms with E-state index in [1.807, 2.05) is 11.8 Å².